The van der Waals surface area contributed by atoms with Crippen molar-refractivity contribution < 1.29 is 4.74 Å². The molecular weight excluding hydrogens is 415 g/mol. The maximum atomic E-state index is 5.77. The van der Waals surface area contributed by atoms with Crippen molar-refractivity contribution in [3.05, 3.63) is 30.1 Å². The van der Waals surface area contributed by atoms with Crippen LogP contribution in [0.4, 0.5) is 0 Å². The number of guanidine groups is 1. The van der Waals surface area contributed by atoms with Gasteiger partial charge in [0.05, 0.1) is 6.10 Å². The molecule has 1 heterocycles. The van der Waals surface area contributed by atoms with E-state index in [0.29, 0.717) is 5.92 Å². The molecule has 5 nitrogen and oxygen atoms in total. The summed E-state index contributed by atoms with van der Waals surface area (Å²) in [5, 5.41) is 6.66. The van der Waals surface area contributed by atoms with Crippen molar-refractivity contribution in [2.45, 2.75) is 46.6 Å². The third kappa shape index (κ3) is 10.1. The third-order valence-electron chi connectivity index (χ3n) is 3.58. The third-order valence-corrected chi connectivity index (χ3v) is 3.58. The van der Waals surface area contributed by atoms with E-state index in [9.17, 15) is 0 Å². The molecule has 138 valence electrons. The van der Waals surface area contributed by atoms with E-state index in [1.807, 2.05) is 19.2 Å². The summed E-state index contributed by atoms with van der Waals surface area (Å²) < 4.78 is 5.77. The first-order valence-corrected chi connectivity index (χ1v) is 8.70. The van der Waals surface area contributed by atoms with E-state index < -0.39 is 0 Å². The van der Waals surface area contributed by atoms with Gasteiger partial charge in [0.2, 0.25) is 0 Å². The van der Waals surface area contributed by atoms with E-state index in [2.05, 4.69) is 47.4 Å². The topological polar surface area (TPSA) is 58.5 Å². The quantitative estimate of drug-likeness (QED) is 0.328. The van der Waals surface area contributed by atoms with Crippen LogP contribution in [0.15, 0.2) is 29.5 Å². The second kappa shape index (κ2) is 14.5. The number of halogens is 1. The van der Waals surface area contributed by atoms with Crippen LogP contribution >= 0.6 is 24.0 Å². The van der Waals surface area contributed by atoms with E-state index >= 15 is 0 Å². The lowest BCUT2D eigenvalue weighted by Crippen LogP contribution is -2.38. The molecule has 0 bridgehead atoms. The molecule has 0 aliphatic rings. The number of hydrogen-bond acceptors (Lipinski definition) is 3. The lowest BCUT2D eigenvalue weighted by Gasteiger charge is -2.20. The van der Waals surface area contributed by atoms with Crippen LogP contribution < -0.4 is 10.6 Å². The molecule has 0 amide bonds. The summed E-state index contributed by atoms with van der Waals surface area (Å²) in [6.07, 6.45) is 5.87. The van der Waals surface area contributed by atoms with Crippen molar-refractivity contribution in [3.8, 4) is 0 Å². The summed E-state index contributed by atoms with van der Waals surface area (Å²) in [4.78, 5) is 8.78. The van der Waals surface area contributed by atoms with Gasteiger partial charge in [-0.1, -0.05) is 19.9 Å². The van der Waals surface area contributed by atoms with Crippen LogP contribution in [0.3, 0.4) is 0 Å². The predicted octanol–water partition coefficient (Wildman–Crippen LogP) is 3.25. The Bertz CT molecular complexity index is 440. The molecule has 0 spiro atoms. The number of nitrogens with one attached hydrogen (secondary N) is 2. The summed E-state index contributed by atoms with van der Waals surface area (Å²) in [5.74, 6) is 1.39. The average Bonchev–Trinajstić information content (AvgIpc) is 2.55. The second-order valence-electron chi connectivity index (χ2n) is 5.83. The lowest BCUT2D eigenvalue weighted by atomic mass is 10.0. The zero-order chi connectivity index (χ0) is 16.9. The van der Waals surface area contributed by atoms with Crippen molar-refractivity contribution in [1.29, 1.82) is 0 Å². The van der Waals surface area contributed by atoms with Crippen molar-refractivity contribution in [2.75, 3.05) is 26.2 Å². The zero-order valence-corrected chi connectivity index (χ0v) is 17.7. The van der Waals surface area contributed by atoms with Crippen LogP contribution in [0.25, 0.3) is 0 Å². The molecule has 1 rings (SSSR count). The Morgan fingerprint density at radius 3 is 2.67 bits per heavy atom. The van der Waals surface area contributed by atoms with Crippen LogP contribution in [0, 0.1) is 5.92 Å². The normalized spacial score (nSPS) is 12.6. The SMILES string of the molecule is CCNC(=NCCC(OCC)C(C)C)NCCc1cccnc1.I. The van der Waals surface area contributed by atoms with Gasteiger partial charge in [0.25, 0.3) is 0 Å². The van der Waals surface area contributed by atoms with Gasteiger partial charge in [-0.15, -0.1) is 24.0 Å². The van der Waals surface area contributed by atoms with E-state index in [4.69, 9.17) is 4.74 Å². The van der Waals surface area contributed by atoms with Crippen LogP contribution in [0.5, 0.6) is 0 Å². The number of ether oxygens (including phenoxy) is 1. The van der Waals surface area contributed by atoms with Gasteiger partial charge >= 0.3 is 0 Å². The van der Waals surface area contributed by atoms with Gasteiger partial charge in [-0.3, -0.25) is 9.98 Å². The molecule has 1 aromatic heterocycles. The second-order valence-corrected chi connectivity index (χ2v) is 5.83. The Labute approximate surface area is 164 Å². The highest BCUT2D eigenvalue weighted by molar-refractivity contribution is 14.0. The molecule has 1 atom stereocenters. The van der Waals surface area contributed by atoms with Crippen molar-refractivity contribution in [2.24, 2.45) is 10.9 Å². The fourth-order valence-corrected chi connectivity index (χ4v) is 2.34. The maximum Gasteiger partial charge on any atom is 0.191 e. The van der Waals surface area contributed by atoms with Crippen LogP contribution in [0.1, 0.15) is 39.7 Å². The summed E-state index contributed by atoms with van der Waals surface area (Å²) >= 11 is 0. The molecule has 6 heteroatoms. The summed E-state index contributed by atoms with van der Waals surface area (Å²) in [5.41, 5.74) is 1.23. The molecule has 0 fully saturated rings. The lowest BCUT2D eigenvalue weighted by molar-refractivity contribution is 0.0266. The van der Waals surface area contributed by atoms with E-state index in [0.717, 1.165) is 45.0 Å². The predicted molar refractivity (Wildman–Crippen MR) is 112 cm³/mol. The van der Waals surface area contributed by atoms with Crippen LogP contribution in [-0.4, -0.2) is 43.3 Å². The molecule has 24 heavy (non-hydrogen) atoms. The molecule has 0 aromatic carbocycles. The first kappa shape index (κ1) is 23.1. The van der Waals surface area contributed by atoms with Gasteiger partial charge in [0.15, 0.2) is 5.96 Å². The highest BCUT2D eigenvalue weighted by Crippen LogP contribution is 2.10. The van der Waals surface area contributed by atoms with Crippen molar-refractivity contribution >= 4 is 29.9 Å². The molecule has 0 aliphatic carbocycles. The number of hydrogen-bond donors (Lipinski definition) is 2. The summed E-state index contributed by atoms with van der Waals surface area (Å²) in [6.45, 7) is 11.7. The molecule has 1 aromatic rings. The van der Waals surface area contributed by atoms with Gasteiger partial charge in [-0.25, -0.2) is 0 Å². The van der Waals surface area contributed by atoms with Crippen molar-refractivity contribution in [1.82, 2.24) is 15.6 Å². The van der Waals surface area contributed by atoms with E-state index in [-0.39, 0.29) is 30.1 Å². The Kier molecular flexibility index (Phi) is 13.9. The standard InChI is InChI=1S/C18H32N4O.HI/c1-5-20-18(21-12-9-16-8-7-11-19-14-16)22-13-10-17(15(3)4)23-6-2;/h7-8,11,14-15,17H,5-6,9-10,12-13H2,1-4H3,(H2,20,21,22);1H. The van der Waals surface area contributed by atoms with Gasteiger partial charge in [-0.05, 0) is 44.2 Å². The number of nitrogens with zero attached hydrogens (tertiary/aromatic N) is 2. The largest absolute Gasteiger partial charge is 0.378 e. The Morgan fingerprint density at radius 1 is 1.29 bits per heavy atom. The first-order valence-electron chi connectivity index (χ1n) is 8.70. The number of aliphatic imine (C=N–C) groups is 1. The monoisotopic (exact) mass is 448 g/mol. The average molecular weight is 448 g/mol. The number of pyridine rings is 1. The van der Waals surface area contributed by atoms with Crippen LogP contribution in [0.2, 0.25) is 0 Å². The Balaban J connectivity index is 0.00000529. The van der Waals surface area contributed by atoms with Gasteiger partial charge in [-0.2, -0.15) is 0 Å². The Hall–Kier alpha value is -0.890. The minimum absolute atomic E-state index is 0. The van der Waals surface area contributed by atoms with E-state index in [1.54, 1.807) is 6.20 Å². The minimum Gasteiger partial charge on any atom is -0.378 e. The molecular formula is C18H33IN4O. The van der Waals surface area contributed by atoms with Crippen LogP contribution in [-0.2, 0) is 11.2 Å². The summed E-state index contributed by atoms with van der Waals surface area (Å²) in [6, 6.07) is 4.06. The molecule has 0 aliphatic heterocycles. The fourth-order valence-electron chi connectivity index (χ4n) is 2.34. The zero-order valence-electron chi connectivity index (χ0n) is 15.4. The highest BCUT2D eigenvalue weighted by Gasteiger charge is 2.12. The van der Waals surface area contributed by atoms with E-state index in [1.165, 1.54) is 5.56 Å². The number of aromatic nitrogens is 1. The minimum atomic E-state index is 0. The van der Waals surface area contributed by atoms with Gasteiger partial charge in [0.1, 0.15) is 0 Å². The summed E-state index contributed by atoms with van der Waals surface area (Å²) in [7, 11) is 0. The molecule has 1 unspecified atom stereocenters. The molecule has 0 saturated carbocycles. The molecule has 0 saturated heterocycles. The smallest absolute Gasteiger partial charge is 0.191 e. The molecule has 2 N–H and O–H groups in total. The highest BCUT2D eigenvalue weighted by atomic mass is 127. The Morgan fingerprint density at radius 2 is 2.08 bits per heavy atom. The van der Waals surface area contributed by atoms with Crippen molar-refractivity contribution in [3.63, 3.8) is 0 Å². The van der Waals surface area contributed by atoms with Gasteiger partial charge < -0.3 is 15.4 Å². The number of rotatable bonds is 10. The molecule has 0 radical (unpaired) electrons. The maximum absolute atomic E-state index is 5.77. The van der Waals surface area contributed by atoms with Gasteiger partial charge in [0, 0.05) is 38.6 Å². The fraction of sp³-hybridized carbons (Fsp3) is 0.667. The first-order chi connectivity index (χ1) is 11.2.